The standard InChI is InChI=1S/C15H15N3O/c1-18(15-9-5-7-13(10-16)17-15)11-12-6-3-4-8-14(12)19-2/h3-9H,11H2,1-2H3. The second-order valence-corrected chi connectivity index (χ2v) is 4.16. The summed E-state index contributed by atoms with van der Waals surface area (Å²) in [5.41, 5.74) is 1.50. The average molecular weight is 253 g/mol. The summed E-state index contributed by atoms with van der Waals surface area (Å²) >= 11 is 0. The van der Waals surface area contributed by atoms with E-state index in [2.05, 4.69) is 4.98 Å². The first-order chi connectivity index (χ1) is 9.24. The summed E-state index contributed by atoms with van der Waals surface area (Å²) < 4.78 is 5.33. The van der Waals surface area contributed by atoms with Crippen LogP contribution in [0.5, 0.6) is 5.75 Å². The summed E-state index contributed by atoms with van der Waals surface area (Å²) in [4.78, 5) is 6.25. The molecule has 0 atom stereocenters. The Morgan fingerprint density at radius 3 is 2.74 bits per heavy atom. The molecule has 0 fully saturated rings. The molecule has 1 aromatic heterocycles. The lowest BCUT2D eigenvalue weighted by atomic mass is 10.2. The molecule has 0 bridgehead atoms. The first-order valence-corrected chi connectivity index (χ1v) is 5.95. The minimum Gasteiger partial charge on any atom is -0.496 e. The fourth-order valence-electron chi connectivity index (χ4n) is 1.87. The summed E-state index contributed by atoms with van der Waals surface area (Å²) in [6, 6.07) is 15.3. The molecule has 0 saturated carbocycles. The number of aromatic nitrogens is 1. The van der Waals surface area contributed by atoms with Gasteiger partial charge in [0.15, 0.2) is 0 Å². The molecule has 0 spiro atoms. The molecule has 0 unspecified atom stereocenters. The third-order valence-corrected chi connectivity index (χ3v) is 2.84. The Bertz CT molecular complexity index is 604. The van der Waals surface area contributed by atoms with E-state index in [9.17, 15) is 0 Å². The van der Waals surface area contributed by atoms with E-state index in [1.165, 1.54) is 0 Å². The summed E-state index contributed by atoms with van der Waals surface area (Å²) in [5.74, 6) is 1.62. The normalized spacial score (nSPS) is 9.74. The fraction of sp³-hybridized carbons (Fsp3) is 0.200. The van der Waals surface area contributed by atoms with Crippen molar-refractivity contribution in [1.29, 1.82) is 5.26 Å². The van der Waals surface area contributed by atoms with Crippen LogP contribution in [0.4, 0.5) is 5.82 Å². The van der Waals surface area contributed by atoms with Gasteiger partial charge in [0, 0.05) is 19.2 Å². The number of nitriles is 1. The average Bonchev–Trinajstić information content (AvgIpc) is 2.47. The quantitative estimate of drug-likeness (QED) is 0.840. The van der Waals surface area contributed by atoms with Gasteiger partial charge in [-0.25, -0.2) is 4.98 Å². The van der Waals surface area contributed by atoms with Gasteiger partial charge >= 0.3 is 0 Å². The van der Waals surface area contributed by atoms with Gasteiger partial charge in [0.05, 0.1) is 7.11 Å². The first kappa shape index (κ1) is 12.9. The van der Waals surface area contributed by atoms with Crippen LogP contribution >= 0.6 is 0 Å². The second-order valence-electron chi connectivity index (χ2n) is 4.16. The Morgan fingerprint density at radius 2 is 2.00 bits per heavy atom. The van der Waals surface area contributed by atoms with Gasteiger partial charge in [0.2, 0.25) is 0 Å². The highest BCUT2D eigenvalue weighted by Gasteiger charge is 2.08. The Balaban J connectivity index is 2.21. The highest BCUT2D eigenvalue weighted by atomic mass is 16.5. The van der Waals surface area contributed by atoms with E-state index < -0.39 is 0 Å². The van der Waals surface area contributed by atoms with Crippen LogP contribution in [0.2, 0.25) is 0 Å². The van der Waals surface area contributed by atoms with Gasteiger partial charge in [0.1, 0.15) is 23.3 Å². The molecule has 96 valence electrons. The molecule has 0 aliphatic carbocycles. The van der Waals surface area contributed by atoms with Crippen LogP contribution in [-0.4, -0.2) is 19.1 Å². The van der Waals surface area contributed by atoms with E-state index in [0.29, 0.717) is 12.2 Å². The number of hydrogen-bond donors (Lipinski definition) is 0. The van der Waals surface area contributed by atoms with Crippen molar-refractivity contribution in [2.45, 2.75) is 6.54 Å². The van der Waals surface area contributed by atoms with Crippen molar-refractivity contribution in [3.8, 4) is 11.8 Å². The number of ether oxygens (including phenoxy) is 1. The van der Waals surface area contributed by atoms with Crippen molar-refractivity contribution in [1.82, 2.24) is 4.98 Å². The van der Waals surface area contributed by atoms with E-state index in [0.717, 1.165) is 17.1 Å². The molecular weight excluding hydrogens is 238 g/mol. The van der Waals surface area contributed by atoms with Gasteiger partial charge < -0.3 is 9.64 Å². The third kappa shape index (κ3) is 3.02. The topological polar surface area (TPSA) is 49.1 Å². The SMILES string of the molecule is COc1ccccc1CN(C)c1cccc(C#N)n1. The molecule has 4 nitrogen and oxygen atoms in total. The number of benzene rings is 1. The maximum atomic E-state index is 8.86. The van der Waals surface area contributed by atoms with E-state index in [1.807, 2.05) is 54.4 Å². The molecule has 1 aromatic carbocycles. The van der Waals surface area contributed by atoms with Crippen molar-refractivity contribution in [2.24, 2.45) is 0 Å². The molecule has 0 radical (unpaired) electrons. The van der Waals surface area contributed by atoms with E-state index >= 15 is 0 Å². The van der Waals surface area contributed by atoms with Crippen molar-refractivity contribution in [3.63, 3.8) is 0 Å². The second kappa shape index (κ2) is 5.87. The monoisotopic (exact) mass is 253 g/mol. The Labute approximate surface area is 112 Å². The van der Waals surface area contributed by atoms with Crippen molar-refractivity contribution in [3.05, 3.63) is 53.7 Å². The first-order valence-electron chi connectivity index (χ1n) is 5.95. The van der Waals surface area contributed by atoms with Crippen LogP contribution in [0, 0.1) is 11.3 Å². The molecule has 2 rings (SSSR count). The van der Waals surface area contributed by atoms with Gasteiger partial charge in [-0.15, -0.1) is 0 Å². The predicted octanol–water partition coefficient (Wildman–Crippen LogP) is 2.60. The number of methoxy groups -OCH3 is 1. The van der Waals surface area contributed by atoms with Crippen LogP contribution in [0.15, 0.2) is 42.5 Å². The van der Waals surface area contributed by atoms with Crippen molar-refractivity contribution in [2.75, 3.05) is 19.1 Å². The Morgan fingerprint density at radius 1 is 1.21 bits per heavy atom. The maximum absolute atomic E-state index is 8.86. The van der Waals surface area contributed by atoms with E-state index in [4.69, 9.17) is 10.00 Å². The van der Waals surface area contributed by atoms with Crippen LogP contribution < -0.4 is 9.64 Å². The van der Waals surface area contributed by atoms with E-state index in [-0.39, 0.29) is 0 Å². The molecule has 0 amide bonds. The highest BCUT2D eigenvalue weighted by molar-refractivity contribution is 5.43. The van der Waals surface area contributed by atoms with Gasteiger partial charge in [-0.2, -0.15) is 5.26 Å². The van der Waals surface area contributed by atoms with Gasteiger partial charge in [-0.05, 0) is 18.2 Å². The van der Waals surface area contributed by atoms with Crippen LogP contribution in [-0.2, 0) is 6.54 Å². The molecule has 4 heteroatoms. The Hall–Kier alpha value is -2.54. The number of rotatable bonds is 4. The summed E-state index contributed by atoms with van der Waals surface area (Å²) in [6.07, 6.45) is 0. The summed E-state index contributed by atoms with van der Waals surface area (Å²) in [5, 5.41) is 8.86. The predicted molar refractivity (Wildman–Crippen MR) is 74.1 cm³/mol. The van der Waals surface area contributed by atoms with Gasteiger partial charge in [-0.1, -0.05) is 24.3 Å². The van der Waals surface area contributed by atoms with Crippen molar-refractivity contribution >= 4 is 5.82 Å². The number of nitrogens with zero attached hydrogens (tertiary/aromatic N) is 3. The molecule has 0 aliphatic heterocycles. The lowest BCUT2D eigenvalue weighted by molar-refractivity contribution is 0.409. The minimum atomic E-state index is 0.421. The molecule has 0 saturated heterocycles. The molecule has 19 heavy (non-hydrogen) atoms. The highest BCUT2D eigenvalue weighted by Crippen LogP contribution is 2.21. The number of anilines is 1. The zero-order valence-corrected chi connectivity index (χ0v) is 11.0. The zero-order valence-electron chi connectivity index (χ0n) is 11.0. The van der Waals surface area contributed by atoms with Gasteiger partial charge in [0.25, 0.3) is 0 Å². The smallest absolute Gasteiger partial charge is 0.142 e. The summed E-state index contributed by atoms with van der Waals surface area (Å²) in [6.45, 7) is 0.673. The number of pyridine rings is 1. The molecule has 2 aromatic rings. The molecule has 0 N–H and O–H groups in total. The zero-order chi connectivity index (χ0) is 13.7. The van der Waals surface area contributed by atoms with Crippen LogP contribution in [0.25, 0.3) is 0 Å². The Kier molecular flexibility index (Phi) is 3.99. The molecule has 0 aliphatic rings. The summed E-state index contributed by atoms with van der Waals surface area (Å²) in [7, 11) is 3.60. The third-order valence-electron chi connectivity index (χ3n) is 2.84. The minimum absolute atomic E-state index is 0.421. The maximum Gasteiger partial charge on any atom is 0.142 e. The van der Waals surface area contributed by atoms with E-state index in [1.54, 1.807) is 13.2 Å². The largest absolute Gasteiger partial charge is 0.496 e. The van der Waals surface area contributed by atoms with Crippen LogP contribution in [0.1, 0.15) is 11.3 Å². The molecule has 1 heterocycles. The fourth-order valence-corrected chi connectivity index (χ4v) is 1.87. The molecular formula is C15H15N3O. The lowest BCUT2D eigenvalue weighted by Crippen LogP contribution is -2.18. The number of para-hydroxylation sites is 1. The number of hydrogen-bond acceptors (Lipinski definition) is 4. The van der Waals surface area contributed by atoms with Crippen LogP contribution in [0.3, 0.4) is 0 Å². The van der Waals surface area contributed by atoms with Gasteiger partial charge in [-0.3, -0.25) is 0 Å². The lowest BCUT2D eigenvalue weighted by Gasteiger charge is -2.19. The van der Waals surface area contributed by atoms with Crippen molar-refractivity contribution < 1.29 is 4.74 Å².